The van der Waals surface area contributed by atoms with Gasteiger partial charge >= 0.3 is 0 Å². The highest BCUT2D eigenvalue weighted by Crippen LogP contribution is 2.32. The summed E-state index contributed by atoms with van der Waals surface area (Å²) in [5.41, 5.74) is 0.424. The summed E-state index contributed by atoms with van der Waals surface area (Å²) in [6.07, 6.45) is 2.21. The number of sulfone groups is 1. The molecule has 0 bridgehead atoms. The maximum absolute atomic E-state index is 13.1. The molecule has 0 N–H and O–H groups in total. The zero-order chi connectivity index (χ0) is 19.6. The molecular weight excluding hydrogens is 389 g/mol. The van der Waals surface area contributed by atoms with Crippen LogP contribution in [0.25, 0.3) is 0 Å². The second kappa shape index (κ2) is 7.93. The Morgan fingerprint density at radius 3 is 2.70 bits per heavy atom. The summed E-state index contributed by atoms with van der Waals surface area (Å²) >= 11 is 1.25. The van der Waals surface area contributed by atoms with Gasteiger partial charge in [-0.1, -0.05) is 17.8 Å². The van der Waals surface area contributed by atoms with Gasteiger partial charge in [0.05, 0.1) is 16.8 Å². The van der Waals surface area contributed by atoms with Crippen molar-refractivity contribution < 1.29 is 17.6 Å². The minimum Gasteiger partial charge on any atom is -0.302 e. The predicted octanol–water partition coefficient (Wildman–Crippen LogP) is 2.87. The molecule has 1 fully saturated rings. The van der Waals surface area contributed by atoms with Gasteiger partial charge in [-0.2, -0.15) is 0 Å². The molecule has 1 aliphatic rings. The number of Topliss-reactive ketones (excluding diaryl/α,β-unsaturated/α-hetero) is 1. The molecule has 0 spiro atoms. The molecule has 1 aliphatic heterocycles. The van der Waals surface area contributed by atoms with E-state index in [9.17, 15) is 17.6 Å². The van der Waals surface area contributed by atoms with Crippen LogP contribution in [-0.2, 0) is 16.4 Å². The van der Waals surface area contributed by atoms with Gasteiger partial charge in [-0.15, -0.1) is 16.8 Å². The molecule has 0 aliphatic carbocycles. The summed E-state index contributed by atoms with van der Waals surface area (Å²) in [5.74, 6) is 0.101. The van der Waals surface area contributed by atoms with Crippen LogP contribution in [0.4, 0.5) is 4.39 Å². The van der Waals surface area contributed by atoms with Gasteiger partial charge in [0.1, 0.15) is 11.6 Å². The highest BCUT2D eigenvalue weighted by molar-refractivity contribution is 8.00. The molecule has 1 aromatic heterocycles. The lowest BCUT2D eigenvalue weighted by Gasteiger charge is -2.13. The van der Waals surface area contributed by atoms with Crippen LogP contribution >= 0.6 is 11.8 Å². The molecular formula is C18H20FN3O3S2. The first-order chi connectivity index (χ1) is 12.8. The van der Waals surface area contributed by atoms with Crippen LogP contribution in [0, 0.1) is 5.82 Å². The van der Waals surface area contributed by atoms with Gasteiger partial charge in [-0.3, -0.25) is 4.79 Å². The smallest absolute Gasteiger partial charge is 0.192 e. The van der Waals surface area contributed by atoms with Crippen LogP contribution in [0.5, 0.6) is 0 Å². The number of hydrogen-bond acceptors (Lipinski definition) is 6. The van der Waals surface area contributed by atoms with Crippen molar-refractivity contribution in [3.8, 4) is 0 Å². The molecule has 0 saturated carbocycles. The van der Waals surface area contributed by atoms with E-state index in [0.29, 0.717) is 29.5 Å². The number of halogens is 1. The van der Waals surface area contributed by atoms with Gasteiger partial charge in [0, 0.05) is 18.0 Å². The van der Waals surface area contributed by atoms with Crippen molar-refractivity contribution in [2.24, 2.45) is 0 Å². The zero-order valence-electron chi connectivity index (χ0n) is 14.8. The minimum absolute atomic E-state index is 0.0665. The highest BCUT2D eigenvalue weighted by Gasteiger charge is 2.33. The number of carbonyl (C=O) groups is 1. The fourth-order valence-corrected chi connectivity index (χ4v) is 5.73. The largest absolute Gasteiger partial charge is 0.302 e. The summed E-state index contributed by atoms with van der Waals surface area (Å²) in [6.45, 7) is 5.92. The van der Waals surface area contributed by atoms with Crippen molar-refractivity contribution in [2.75, 3.05) is 11.5 Å². The van der Waals surface area contributed by atoms with Crippen molar-refractivity contribution in [2.45, 2.75) is 36.2 Å². The summed E-state index contributed by atoms with van der Waals surface area (Å²) in [6, 6.07) is 5.42. The topological polar surface area (TPSA) is 81.9 Å². The van der Waals surface area contributed by atoms with E-state index in [-0.39, 0.29) is 23.2 Å². The van der Waals surface area contributed by atoms with E-state index in [0.717, 1.165) is 0 Å². The number of hydrogen-bond donors (Lipinski definition) is 0. The summed E-state index contributed by atoms with van der Waals surface area (Å²) in [7, 11) is -3.04. The highest BCUT2D eigenvalue weighted by atomic mass is 32.2. The Morgan fingerprint density at radius 2 is 2.11 bits per heavy atom. The molecule has 3 rings (SSSR count). The third kappa shape index (κ3) is 4.47. The quantitative estimate of drug-likeness (QED) is 0.397. The van der Waals surface area contributed by atoms with Crippen LogP contribution in [0.3, 0.4) is 0 Å². The Labute approximate surface area is 161 Å². The van der Waals surface area contributed by atoms with Gasteiger partial charge in [-0.05, 0) is 37.6 Å². The number of aromatic nitrogens is 3. The Kier molecular flexibility index (Phi) is 5.81. The Morgan fingerprint density at radius 1 is 1.41 bits per heavy atom. The standard InChI is InChI=1S/C18H20FN3O3S2/c1-3-9-22-17(14-8-10-27(24,25)11-14)20-21-18(22)26-12(2)16(23)13-4-6-15(19)7-5-13/h3-7,12,14H,1,8-11H2,2H3/t12-,14+/m0/s1. The lowest BCUT2D eigenvalue weighted by Crippen LogP contribution is -2.16. The van der Waals surface area contributed by atoms with Crippen LogP contribution in [-0.4, -0.2) is 45.7 Å². The fraction of sp³-hybridized carbons (Fsp3) is 0.389. The summed E-state index contributed by atoms with van der Waals surface area (Å²) < 4.78 is 38.4. The van der Waals surface area contributed by atoms with Crippen molar-refractivity contribution >= 4 is 27.4 Å². The molecule has 2 heterocycles. The number of allylic oxidation sites excluding steroid dienone is 1. The maximum atomic E-state index is 13.1. The average Bonchev–Trinajstić information content (AvgIpc) is 3.18. The van der Waals surface area contributed by atoms with Crippen LogP contribution in [0.1, 0.15) is 35.4 Å². The second-order valence-corrected chi connectivity index (χ2v) is 10.0. The van der Waals surface area contributed by atoms with Crippen LogP contribution in [0.15, 0.2) is 42.1 Å². The molecule has 1 aromatic carbocycles. The molecule has 6 nitrogen and oxygen atoms in total. The monoisotopic (exact) mass is 409 g/mol. The van der Waals surface area contributed by atoms with Gasteiger partial charge < -0.3 is 4.57 Å². The third-order valence-electron chi connectivity index (χ3n) is 4.43. The minimum atomic E-state index is -3.04. The molecule has 2 aromatic rings. The van der Waals surface area contributed by atoms with Gasteiger partial charge in [0.15, 0.2) is 20.8 Å². The van der Waals surface area contributed by atoms with Crippen molar-refractivity contribution in [3.05, 3.63) is 54.1 Å². The van der Waals surface area contributed by atoms with Gasteiger partial charge in [0.25, 0.3) is 0 Å². The molecule has 0 radical (unpaired) electrons. The number of rotatable bonds is 7. The Hall–Kier alpha value is -2.00. The lowest BCUT2D eigenvalue weighted by molar-refractivity contribution is 0.0993. The van der Waals surface area contributed by atoms with E-state index in [1.54, 1.807) is 13.0 Å². The van der Waals surface area contributed by atoms with Crippen LogP contribution < -0.4 is 0 Å². The number of thioether (sulfide) groups is 1. The SMILES string of the molecule is C=CCn1c(S[C@@H](C)C(=O)c2ccc(F)cc2)nnc1[C@@H]1CCS(=O)(=O)C1. The van der Waals surface area contributed by atoms with E-state index in [4.69, 9.17) is 0 Å². The number of ketones is 1. The first kappa shape index (κ1) is 19.8. The molecule has 27 heavy (non-hydrogen) atoms. The van der Waals surface area contributed by atoms with Gasteiger partial charge in [-0.25, -0.2) is 12.8 Å². The average molecular weight is 410 g/mol. The Bertz CT molecular complexity index is 955. The second-order valence-electron chi connectivity index (χ2n) is 6.47. The summed E-state index contributed by atoms with van der Waals surface area (Å²) in [4.78, 5) is 12.6. The van der Waals surface area contributed by atoms with Crippen molar-refractivity contribution in [3.63, 3.8) is 0 Å². The van der Waals surface area contributed by atoms with E-state index in [1.807, 2.05) is 4.57 Å². The number of benzene rings is 1. The fourth-order valence-electron chi connectivity index (χ4n) is 3.05. The van der Waals surface area contributed by atoms with Crippen molar-refractivity contribution in [1.29, 1.82) is 0 Å². The number of carbonyl (C=O) groups excluding carboxylic acids is 1. The lowest BCUT2D eigenvalue weighted by atomic mass is 10.1. The predicted molar refractivity (Wildman–Crippen MR) is 102 cm³/mol. The first-order valence-electron chi connectivity index (χ1n) is 8.51. The molecule has 0 unspecified atom stereocenters. The normalized spacial score (nSPS) is 19.7. The summed E-state index contributed by atoms with van der Waals surface area (Å²) in [5, 5.41) is 8.46. The van der Waals surface area contributed by atoms with Gasteiger partial charge in [0.2, 0.25) is 0 Å². The molecule has 1 saturated heterocycles. The molecule has 144 valence electrons. The maximum Gasteiger partial charge on any atom is 0.192 e. The van der Waals surface area contributed by atoms with E-state index in [2.05, 4.69) is 16.8 Å². The molecule has 9 heteroatoms. The Balaban J connectivity index is 1.81. The van der Waals surface area contributed by atoms with E-state index >= 15 is 0 Å². The molecule has 0 amide bonds. The van der Waals surface area contributed by atoms with E-state index in [1.165, 1.54) is 36.0 Å². The molecule has 2 atom stereocenters. The van der Waals surface area contributed by atoms with E-state index < -0.39 is 20.9 Å². The van der Waals surface area contributed by atoms with Crippen molar-refractivity contribution in [1.82, 2.24) is 14.8 Å². The van der Waals surface area contributed by atoms with Crippen LogP contribution in [0.2, 0.25) is 0 Å². The first-order valence-corrected chi connectivity index (χ1v) is 11.2. The zero-order valence-corrected chi connectivity index (χ0v) is 16.5. The number of nitrogens with zero attached hydrogens (tertiary/aromatic N) is 3. The third-order valence-corrected chi connectivity index (χ3v) is 7.28.